The summed E-state index contributed by atoms with van der Waals surface area (Å²) in [6.07, 6.45) is 2.46. The number of carboxylic acid groups (broad SMARTS) is 1. The van der Waals surface area contributed by atoms with Gasteiger partial charge in [-0.25, -0.2) is 27.9 Å². The van der Waals surface area contributed by atoms with Crippen LogP contribution in [0.4, 0.5) is 13.2 Å². The summed E-state index contributed by atoms with van der Waals surface area (Å²) >= 11 is 0. The molecule has 0 radical (unpaired) electrons. The van der Waals surface area contributed by atoms with Crippen LogP contribution in [0.2, 0.25) is 0 Å². The average Bonchev–Trinajstić information content (AvgIpc) is 4.09. The lowest BCUT2D eigenvalue weighted by atomic mass is 10.1. The lowest BCUT2D eigenvalue weighted by Gasteiger charge is -2.06. The second kappa shape index (κ2) is 20.2. The molecule has 0 atom stereocenters. The van der Waals surface area contributed by atoms with Crippen molar-refractivity contribution in [1.29, 1.82) is 5.26 Å². The number of aryl methyl sites for hydroxylation is 3. The molecule has 0 amide bonds. The molecule has 62 heavy (non-hydrogen) atoms. The molecule has 17 heteroatoms. The summed E-state index contributed by atoms with van der Waals surface area (Å²) in [5, 5.41) is 38.1. The number of benzene rings is 3. The van der Waals surface area contributed by atoms with E-state index in [9.17, 15) is 23.1 Å². The Morgan fingerprint density at radius 3 is 1.37 bits per heavy atom. The molecule has 5 heterocycles. The minimum atomic E-state index is -2.56. The molecular formula is C45H35F3N6O8. The highest BCUT2D eigenvalue weighted by atomic mass is 19.1. The Hall–Kier alpha value is -8.10. The Balaban J connectivity index is 0.000000178. The molecule has 0 bridgehead atoms. The molecule has 0 saturated heterocycles. The number of rotatable bonds is 11. The van der Waals surface area contributed by atoms with Crippen molar-refractivity contribution in [3.63, 3.8) is 0 Å². The van der Waals surface area contributed by atoms with Gasteiger partial charge in [0.2, 0.25) is 11.8 Å². The normalized spacial score (nSPS) is 13.2. The molecule has 0 fully saturated rings. The Bertz CT molecular complexity index is 3100. The van der Waals surface area contributed by atoms with Crippen molar-refractivity contribution in [3.8, 4) is 51.6 Å². The van der Waals surface area contributed by atoms with E-state index in [1.165, 1.54) is 103 Å². The number of carbonyl (C=O) groups is 1. The summed E-state index contributed by atoms with van der Waals surface area (Å²) in [7, 11) is 0. The first kappa shape index (κ1) is 32.7. The van der Waals surface area contributed by atoms with Crippen LogP contribution in [0.25, 0.3) is 33.8 Å². The summed E-state index contributed by atoms with van der Waals surface area (Å²) < 4.78 is 132. The summed E-state index contributed by atoms with van der Waals surface area (Å²) in [4.78, 5) is 18.7. The molecule has 0 aliphatic heterocycles. The molecule has 5 aromatic heterocycles. The van der Waals surface area contributed by atoms with Crippen molar-refractivity contribution in [2.24, 2.45) is 0 Å². The fourth-order valence-corrected chi connectivity index (χ4v) is 5.26. The first-order chi connectivity index (χ1) is 33.6. The van der Waals surface area contributed by atoms with Crippen LogP contribution >= 0.6 is 0 Å². The smallest absolute Gasteiger partial charge is 0.337 e. The van der Waals surface area contributed by atoms with Gasteiger partial charge in [0.1, 0.15) is 71.1 Å². The molecule has 2 N–H and O–H groups in total. The second-order valence-corrected chi connectivity index (χ2v) is 12.5. The SMILES string of the molecule is [2H]C([2H])([2H])c1onc(-c2ccc(F)cc2)c1CO.[2H]C([2H])([2H])c1onc(-c2ccc(F)cc2)c1COc1ccc(C#N)cn1.[2H]C([2H])([2H])c1onc(-c2ccc(F)cc2)c1COc1ccc(C(=O)O)cn1. The molecule has 8 rings (SSSR count). The maximum Gasteiger partial charge on any atom is 0.337 e. The number of halogens is 3. The predicted octanol–water partition coefficient (Wildman–Crippen LogP) is 9.38. The van der Waals surface area contributed by atoms with Gasteiger partial charge >= 0.3 is 5.97 Å². The highest BCUT2D eigenvalue weighted by molar-refractivity contribution is 5.87. The topological polar surface area (TPSA) is 204 Å². The van der Waals surface area contributed by atoms with Crippen LogP contribution in [0, 0.1) is 49.3 Å². The van der Waals surface area contributed by atoms with E-state index in [0.29, 0.717) is 22.3 Å². The molecule has 8 aromatic rings. The number of nitrogens with zero attached hydrogens (tertiary/aromatic N) is 6. The van der Waals surface area contributed by atoms with Gasteiger partial charge in [-0.2, -0.15) is 5.26 Å². The van der Waals surface area contributed by atoms with Crippen molar-refractivity contribution in [2.75, 3.05) is 0 Å². The third-order valence-corrected chi connectivity index (χ3v) is 8.45. The third-order valence-electron chi connectivity index (χ3n) is 8.45. The summed E-state index contributed by atoms with van der Waals surface area (Å²) in [6, 6.07) is 23.7. The van der Waals surface area contributed by atoms with Crippen LogP contribution in [0.15, 0.2) is 123 Å². The number of aromatic nitrogens is 5. The van der Waals surface area contributed by atoms with Gasteiger partial charge in [-0.05, 0) is 105 Å². The van der Waals surface area contributed by atoms with E-state index < -0.39 is 50.6 Å². The van der Waals surface area contributed by atoms with E-state index in [-0.39, 0.29) is 81.6 Å². The molecule has 0 saturated carbocycles. The number of ether oxygens (including phenoxy) is 2. The Morgan fingerprint density at radius 2 is 1.03 bits per heavy atom. The maximum atomic E-state index is 13.1. The van der Waals surface area contributed by atoms with Crippen LogP contribution in [-0.2, 0) is 19.8 Å². The number of carboxylic acids is 1. The van der Waals surface area contributed by atoms with E-state index in [0.717, 1.165) is 6.20 Å². The van der Waals surface area contributed by atoms with Gasteiger partial charge < -0.3 is 33.3 Å². The largest absolute Gasteiger partial charge is 0.478 e. The Labute approximate surface area is 364 Å². The number of aromatic carboxylic acids is 1. The molecule has 0 aliphatic carbocycles. The lowest BCUT2D eigenvalue weighted by Crippen LogP contribution is -2.01. The monoisotopic (exact) mass is 853 g/mol. The minimum Gasteiger partial charge on any atom is -0.478 e. The second-order valence-electron chi connectivity index (χ2n) is 12.5. The molecule has 0 aliphatic rings. The third kappa shape index (κ3) is 10.9. The van der Waals surface area contributed by atoms with Gasteiger partial charge in [-0.1, -0.05) is 15.5 Å². The number of hydrogen-bond donors (Lipinski definition) is 2. The average molecular weight is 854 g/mol. The van der Waals surface area contributed by atoms with Gasteiger partial charge in [-0.15, -0.1) is 0 Å². The van der Waals surface area contributed by atoms with E-state index in [2.05, 4.69) is 25.4 Å². The van der Waals surface area contributed by atoms with E-state index in [1.807, 2.05) is 6.07 Å². The number of aliphatic hydroxyl groups excluding tert-OH is 1. The number of hydrogen-bond acceptors (Lipinski definition) is 13. The lowest BCUT2D eigenvalue weighted by molar-refractivity contribution is 0.0696. The standard InChI is InChI=1S/C17H12FN3O2.C17H13FN2O4.C11H10FNO2/c1-11-15(10-22-16-7-2-12(8-19)9-20-16)17(21-23-11)13-3-5-14(18)6-4-13;1-10-14(9-23-15-7-4-12(8-19-15)17(21)22)16(20-24-10)11-2-5-13(18)6-3-11;1-7-10(6-14)11(13-15-7)8-2-4-9(12)5-3-8/h2-7,9H,10H2,1H3;2-8H,9H2,1H3,(H,21,22);2-5,14H,6H2,1H3/i3*1D3. The van der Waals surface area contributed by atoms with Gasteiger partial charge in [0.05, 0.1) is 28.9 Å². The molecule has 0 unspecified atom stereocenters. The number of aliphatic hydroxyl groups is 1. The Kier molecular flexibility index (Phi) is 10.7. The highest BCUT2D eigenvalue weighted by Crippen LogP contribution is 2.29. The molecule has 14 nitrogen and oxygen atoms in total. The zero-order valence-corrected chi connectivity index (χ0v) is 31.7. The number of nitriles is 1. The van der Waals surface area contributed by atoms with Crippen LogP contribution in [0.1, 0.15) is 62.2 Å². The van der Waals surface area contributed by atoms with Gasteiger partial charge in [0.15, 0.2) is 0 Å². The van der Waals surface area contributed by atoms with Crippen LogP contribution < -0.4 is 9.47 Å². The van der Waals surface area contributed by atoms with Crippen molar-refractivity contribution < 1.29 is 63.6 Å². The molecule has 3 aromatic carbocycles. The van der Waals surface area contributed by atoms with Crippen LogP contribution in [0.5, 0.6) is 11.8 Å². The summed E-state index contributed by atoms with van der Waals surface area (Å²) in [5.74, 6) is -3.08. The Morgan fingerprint density at radius 1 is 0.629 bits per heavy atom. The zero-order valence-electron chi connectivity index (χ0n) is 40.7. The first-order valence-electron chi connectivity index (χ1n) is 22.2. The highest BCUT2D eigenvalue weighted by Gasteiger charge is 2.18. The van der Waals surface area contributed by atoms with Gasteiger partial charge in [0, 0.05) is 59.1 Å². The van der Waals surface area contributed by atoms with Crippen molar-refractivity contribution in [3.05, 3.63) is 172 Å². The van der Waals surface area contributed by atoms with Gasteiger partial charge in [0.25, 0.3) is 0 Å². The molecule has 314 valence electrons. The van der Waals surface area contributed by atoms with E-state index in [4.69, 9.17) is 45.7 Å². The summed E-state index contributed by atoms with van der Waals surface area (Å²) in [6.45, 7) is -8.48. The summed E-state index contributed by atoms with van der Waals surface area (Å²) in [5.41, 5.74) is 2.98. The van der Waals surface area contributed by atoms with E-state index >= 15 is 0 Å². The fraction of sp³-hybridized carbons (Fsp3) is 0.133. The fourth-order valence-electron chi connectivity index (χ4n) is 5.26. The molecule has 0 spiro atoms. The van der Waals surface area contributed by atoms with Crippen molar-refractivity contribution in [1.82, 2.24) is 25.4 Å². The van der Waals surface area contributed by atoms with Crippen molar-refractivity contribution >= 4 is 5.97 Å². The van der Waals surface area contributed by atoms with Gasteiger partial charge in [-0.3, -0.25) is 0 Å². The zero-order chi connectivity index (χ0) is 51.7. The maximum absolute atomic E-state index is 13.1. The number of pyridine rings is 2. The molecular weight excluding hydrogens is 810 g/mol. The minimum absolute atomic E-state index is 0.0116. The van der Waals surface area contributed by atoms with E-state index in [1.54, 1.807) is 0 Å². The van der Waals surface area contributed by atoms with Crippen LogP contribution in [0.3, 0.4) is 0 Å². The predicted molar refractivity (Wildman–Crippen MR) is 215 cm³/mol. The van der Waals surface area contributed by atoms with Crippen LogP contribution in [-0.4, -0.2) is 41.6 Å². The first-order valence-corrected chi connectivity index (χ1v) is 17.7. The van der Waals surface area contributed by atoms with Crippen molar-refractivity contribution in [2.45, 2.75) is 40.4 Å². The quantitative estimate of drug-likeness (QED) is 0.124.